The van der Waals surface area contributed by atoms with Crippen LogP contribution in [0.3, 0.4) is 0 Å². The topological polar surface area (TPSA) is 185 Å². The van der Waals surface area contributed by atoms with Crippen molar-refractivity contribution in [1.82, 2.24) is 14.8 Å². The number of ether oxygens (including phenoxy) is 4. The highest BCUT2D eigenvalue weighted by Gasteiger charge is 2.28. The van der Waals surface area contributed by atoms with Crippen molar-refractivity contribution in [2.75, 3.05) is 130 Å². The van der Waals surface area contributed by atoms with Crippen LogP contribution in [-0.2, 0) is 9.47 Å². The molecule has 21 heteroatoms. The molecule has 4 fully saturated rings. The standard InChI is InChI=1S/C26H31N5O3S.C19H29N5OS2.C9H9BrO2.H3P/c1-33-22-4-2-3-18(17-22)23(32)24-25(27)29-26(35-24)28-19-5-7-20(8-6-19)30-11-9-21(10-12-30)31-13-15-34-16-14-31;1-2-27-18(20)22-19(26)21-15-3-5-16(6-4-15)23-9-7-17(8-10-23)24-11-13-25-14-12-24;1-12-8-4-2-3-7(5-8)9(11)6-10;/h2-8,17,21H,9-16,27H2,1H3,(H,28,29);3-6,17H,2,7-14H2,1H3,(H3,20,21,22,26);2-5H,6H2,1H3;1H3. The number of hydrogen-bond acceptors (Lipinski definition) is 16. The molecule has 0 aliphatic carbocycles. The van der Waals surface area contributed by atoms with Gasteiger partial charge in [0.05, 0.1) is 46.0 Å². The van der Waals surface area contributed by atoms with E-state index in [-0.39, 0.29) is 27.3 Å². The molecule has 1 aromatic heterocycles. The molecule has 404 valence electrons. The Labute approximate surface area is 467 Å². The highest BCUT2D eigenvalue weighted by Crippen LogP contribution is 2.32. The van der Waals surface area contributed by atoms with Crippen molar-refractivity contribution in [3.63, 3.8) is 0 Å². The number of aliphatic imine (C=N–C) groups is 1. The fourth-order valence-electron chi connectivity index (χ4n) is 9.25. The van der Waals surface area contributed by atoms with Crippen LogP contribution in [0.15, 0.2) is 102 Å². The number of thiazole rings is 1. The largest absolute Gasteiger partial charge is 0.497 e. The molecule has 0 amide bonds. The minimum Gasteiger partial charge on any atom is -0.497 e. The van der Waals surface area contributed by atoms with Crippen molar-refractivity contribution in [1.29, 1.82) is 0 Å². The van der Waals surface area contributed by atoms with Gasteiger partial charge in [-0.2, -0.15) is 14.9 Å². The Hall–Kier alpha value is -4.89. The van der Waals surface area contributed by atoms with Gasteiger partial charge in [0.15, 0.2) is 21.2 Å². The predicted octanol–water partition coefficient (Wildman–Crippen LogP) is 9.09. The highest BCUT2D eigenvalue weighted by atomic mass is 79.9. The Balaban J connectivity index is 0.000000202. The number of benzene rings is 4. The Kier molecular flexibility index (Phi) is 24.3. The van der Waals surface area contributed by atoms with Crippen LogP contribution in [0.1, 0.15) is 58.2 Å². The van der Waals surface area contributed by atoms with Gasteiger partial charge >= 0.3 is 0 Å². The Morgan fingerprint density at radius 2 is 1.24 bits per heavy atom. The van der Waals surface area contributed by atoms with Crippen LogP contribution in [0, 0.1) is 0 Å². The molecule has 4 saturated heterocycles. The predicted molar refractivity (Wildman–Crippen MR) is 323 cm³/mol. The number of carbonyl (C=O) groups excluding carboxylic acids is 2. The van der Waals surface area contributed by atoms with Crippen molar-refractivity contribution in [3.05, 3.63) is 113 Å². The smallest absolute Gasteiger partial charge is 0.206 e. The van der Waals surface area contributed by atoms with Gasteiger partial charge in [0, 0.05) is 98.3 Å². The van der Waals surface area contributed by atoms with Crippen LogP contribution in [0.25, 0.3) is 0 Å². The Bertz CT molecular complexity index is 2610. The van der Waals surface area contributed by atoms with E-state index in [1.165, 1.54) is 60.2 Å². The van der Waals surface area contributed by atoms with E-state index in [0.29, 0.717) is 60.3 Å². The lowest BCUT2D eigenvalue weighted by Crippen LogP contribution is -2.49. The summed E-state index contributed by atoms with van der Waals surface area (Å²) in [4.78, 5) is 43.2. The normalized spacial score (nSPS) is 16.8. The quantitative estimate of drug-likeness (QED) is 0.0206. The van der Waals surface area contributed by atoms with Gasteiger partial charge < -0.3 is 50.8 Å². The van der Waals surface area contributed by atoms with E-state index in [4.69, 9.17) is 42.6 Å². The molecule has 0 radical (unpaired) electrons. The zero-order valence-corrected chi connectivity index (χ0v) is 48.7. The molecule has 75 heavy (non-hydrogen) atoms. The van der Waals surface area contributed by atoms with Crippen molar-refractivity contribution in [3.8, 4) is 11.5 Å². The maximum atomic E-state index is 12.9. The summed E-state index contributed by atoms with van der Waals surface area (Å²) < 4.78 is 21.2. The van der Waals surface area contributed by atoms with E-state index in [1.54, 1.807) is 56.7 Å². The van der Waals surface area contributed by atoms with E-state index in [2.05, 4.69) is 80.4 Å². The molecule has 0 bridgehead atoms. The van der Waals surface area contributed by atoms with Crippen LogP contribution >= 0.6 is 61.1 Å². The van der Waals surface area contributed by atoms with Gasteiger partial charge in [-0.1, -0.05) is 70.2 Å². The van der Waals surface area contributed by atoms with Gasteiger partial charge in [0.25, 0.3) is 0 Å². The molecule has 16 nitrogen and oxygen atoms in total. The number of Topliss-reactive ketones (excluding diaryl/α,β-unsaturated/α-hetero) is 1. The molecule has 9 rings (SSSR count). The molecule has 1 unspecified atom stereocenters. The van der Waals surface area contributed by atoms with Crippen LogP contribution in [0.4, 0.5) is 33.7 Å². The minimum atomic E-state index is -0.164. The van der Waals surface area contributed by atoms with Gasteiger partial charge in [-0.15, -0.1) is 0 Å². The number of aromatic nitrogens is 1. The van der Waals surface area contributed by atoms with Gasteiger partial charge in [-0.25, -0.2) is 4.98 Å². The number of piperidine rings is 2. The number of morpholine rings is 2. The van der Waals surface area contributed by atoms with Crippen molar-refractivity contribution >= 4 is 117 Å². The first-order valence-corrected chi connectivity index (χ1v) is 28.4. The third kappa shape index (κ3) is 17.8. The van der Waals surface area contributed by atoms with Gasteiger partial charge in [-0.05, 0) is 116 Å². The molecule has 4 aromatic carbocycles. The lowest BCUT2D eigenvalue weighted by atomic mass is 10.0. The number of amidine groups is 1. The zero-order chi connectivity index (χ0) is 52.2. The molecular weight excluding hydrogens is 1090 g/mol. The number of hydrogen-bond donors (Lipinski definition) is 4. The number of thioether (sulfide) groups is 1. The van der Waals surface area contributed by atoms with Crippen molar-refractivity contribution in [2.24, 2.45) is 10.7 Å². The fourth-order valence-corrected chi connectivity index (χ4v) is 11.2. The molecule has 6 N–H and O–H groups in total. The number of nitrogens with one attached hydrogen (secondary N) is 2. The summed E-state index contributed by atoms with van der Waals surface area (Å²) in [5.41, 5.74) is 17.4. The molecule has 1 atom stereocenters. The Morgan fingerprint density at radius 1 is 0.760 bits per heavy atom. The number of ketones is 2. The monoisotopic (exact) mass is 1160 g/mol. The Morgan fingerprint density at radius 3 is 1.72 bits per heavy atom. The van der Waals surface area contributed by atoms with Crippen molar-refractivity contribution in [2.45, 2.75) is 44.7 Å². The first-order chi connectivity index (χ1) is 36.0. The summed E-state index contributed by atoms with van der Waals surface area (Å²) in [6.07, 6.45) is 4.80. The van der Waals surface area contributed by atoms with E-state index in [0.717, 1.165) is 95.9 Å². The molecule has 0 spiro atoms. The summed E-state index contributed by atoms with van der Waals surface area (Å²) in [5.74, 6) is 2.35. The zero-order valence-electron chi connectivity index (χ0n) is 43.2. The van der Waals surface area contributed by atoms with Gasteiger partial charge in [0.2, 0.25) is 5.78 Å². The lowest BCUT2D eigenvalue weighted by molar-refractivity contribution is 0.0115. The summed E-state index contributed by atoms with van der Waals surface area (Å²) in [6, 6.07) is 32.3. The molecule has 0 saturated carbocycles. The number of nitrogen functional groups attached to an aromatic ring is 1. The summed E-state index contributed by atoms with van der Waals surface area (Å²) in [6.45, 7) is 14.1. The molecule has 4 aliphatic heterocycles. The number of thiocarbonyl (C=S) groups is 1. The average molecular weight is 1160 g/mol. The lowest BCUT2D eigenvalue weighted by Gasteiger charge is -2.40. The second kappa shape index (κ2) is 30.7. The number of nitrogens with zero attached hydrogens (tertiary/aromatic N) is 6. The second-order valence-corrected chi connectivity index (χ2v) is 21.1. The summed E-state index contributed by atoms with van der Waals surface area (Å²) in [7, 11) is 3.16. The third-order valence-corrected chi connectivity index (χ3v) is 15.6. The minimum absolute atomic E-state index is 0. The number of halogens is 1. The van der Waals surface area contributed by atoms with Crippen LogP contribution < -0.4 is 41.4 Å². The van der Waals surface area contributed by atoms with Crippen LogP contribution in [-0.4, -0.2) is 153 Å². The number of methoxy groups -OCH3 is 2. The maximum Gasteiger partial charge on any atom is 0.206 e. The fraction of sp³-hybridized carbons (Fsp3) is 0.426. The van der Waals surface area contributed by atoms with E-state index in [9.17, 15) is 9.59 Å². The number of anilines is 6. The van der Waals surface area contributed by atoms with E-state index >= 15 is 0 Å². The summed E-state index contributed by atoms with van der Waals surface area (Å²) >= 11 is 11.1. The average Bonchev–Trinajstić information content (AvgIpc) is 3.82. The maximum absolute atomic E-state index is 12.9. The van der Waals surface area contributed by atoms with E-state index in [1.807, 2.05) is 37.3 Å². The molecule has 5 aromatic rings. The molecular formula is C54H72BrN10O6PS3. The van der Waals surface area contributed by atoms with E-state index < -0.39 is 0 Å². The van der Waals surface area contributed by atoms with Crippen molar-refractivity contribution < 1.29 is 28.5 Å². The summed E-state index contributed by atoms with van der Waals surface area (Å²) in [5, 5.41) is 8.24. The highest BCUT2D eigenvalue weighted by molar-refractivity contribution is 9.09. The SMILES string of the molecule is CCSC(N)=NC(=S)Nc1ccc(N2CCC(N3CCOCC3)CC2)cc1.COc1cccc(C(=O)CBr)c1.COc1cccc(C(=O)c2sc(Nc3ccc(N4CCC(N5CCOCC5)CC4)cc3)nc2N)c1.P. The number of alkyl halides is 1. The number of nitrogens with two attached hydrogens (primary N) is 2. The number of carbonyl (C=O) groups is 2. The van der Waals surface area contributed by atoms with Crippen LogP contribution in [0.5, 0.6) is 11.5 Å². The third-order valence-electron chi connectivity index (χ3n) is 13.2. The van der Waals surface area contributed by atoms with Crippen LogP contribution in [0.2, 0.25) is 0 Å². The number of rotatable bonds is 14. The molecule has 5 heterocycles. The molecule has 4 aliphatic rings. The first-order valence-electron chi connectivity index (χ1n) is 25.1. The second-order valence-electron chi connectivity index (χ2n) is 17.8. The first kappa shape index (κ1) is 59.4. The van der Waals surface area contributed by atoms with Gasteiger partial charge in [0.1, 0.15) is 22.2 Å². The van der Waals surface area contributed by atoms with Gasteiger partial charge in [-0.3, -0.25) is 19.4 Å².